The van der Waals surface area contributed by atoms with E-state index in [-0.39, 0.29) is 67.0 Å². The first-order valence-corrected chi connectivity index (χ1v) is 29.0. The van der Waals surface area contributed by atoms with Crippen LogP contribution >= 0.6 is 23.2 Å². The number of aldehydes is 1. The summed E-state index contributed by atoms with van der Waals surface area (Å²) in [5.74, 6) is -1.22. The standard InChI is InChI=1S/C26H39ClFNO2Si.C26H37ClFNO2Si/c2*1-25(2,3)21(17-31-32(7,8)26(4,5)6)20(16-30)23-13-12-18(15-29-23)14-19-10-9-11-22(27)24(19)28/h9-13,15,20-21,30H,14,16-17H2,1-8H3;9-13,15-16,20-21H,14,17H2,1-8H3/t2*20?,21-/m00/s1. The lowest BCUT2D eigenvalue weighted by Gasteiger charge is -2.41. The predicted octanol–water partition coefficient (Wildman–Crippen LogP) is 14.7. The average Bonchev–Trinajstić information content (AvgIpc) is 3.18. The van der Waals surface area contributed by atoms with Crippen molar-refractivity contribution in [2.45, 2.75) is 144 Å². The van der Waals surface area contributed by atoms with Gasteiger partial charge in [0, 0.05) is 56.0 Å². The highest BCUT2D eigenvalue weighted by Crippen LogP contribution is 2.43. The summed E-state index contributed by atoms with van der Waals surface area (Å²) in [6, 6.07) is 17.7. The molecule has 4 aromatic rings. The van der Waals surface area contributed by atoms with Crippen LogP contribution in [0, 0.1) is 34.3 Å². The molecule has 0 aliphatic carbocycles. The van der Waals surface area contributed by atoms with E-state index in [4.69, 9.17) is 32.1 Å². The number of benzene rings is 2. The first-order chi connectivity index (χ1) is 29.3. The van der Waals surface area contributed by atoms with Gasteiger partial charge < -0.3 is 18.8 Å². The number of aromatic nitrogens is 2. The topological polar surface area (TPSA) is 81.5 Å². The summed E-state index contributed by atoms with van der Waals surface area (Å²) in [7, 11) is -3.87. The van der Waals surface area contributed by atoms with Crippen molar-refractivity contribution < 1.29 is 27.5 Å². The molecule has 2 aromatic heterocycles. The monoisotopic (exact) mass is 956 g/mol. The Morgan fingerprint density at radius 1 is 0.625 bits per heavy atom. The molecular weight excluding hydrogens is 882 g/mol. The first kappa shape index (κ1) is 55.5. The van der Waals surface area contributed by atoms with Gasteiger partial charge in [0.25, 0.3) is 0 Å². The molecule has 0 saturated heterocycles. The van der Waals surface area contributed by atoms with E-state index in [2.05, 4.69) is 119 Å². The third kappa shape index (κ3) is 15.1. The van der Waals surface area contributed by atoms with Crippen molar-refractivity contribution in [2.24, 2.45) is 22.7 Å². The van der Waals surface area contributed by atoms with Crippen LogP contribution in [0.4, 0.5) is 8.78 Å². The molecule has 4 rings (SSSR count). The largest absolute Gasteiger partial charge is 0.417 e. The molecule has 2 unspecified atom stereocenters. The summed E-state index contributed by atoms with van der Waals surface area (Å²) in [6.45, 7) is 36.4. The molecule has 6 nitrogen and oxygen atoms in total. The van der Waals surface area contributed by atoms with Crippen molar-refractivity contribution in [3.05, 3.63) is 128 Å². The third-order valence-corrected chi connectivity index (χ3v) is 23.2. The first-order valence-electron chi connectivity index (χ1n) is 22.4. The minimum atomic E-state index is -1.95. The van der Waals surface area contributed by atoms with Crippen molar-refractivity contribution in [3.8, 4) is 0 Å². The van der Waals surface area contributed by atoms with Crippen LogP contribution in [0.25, 0.3) is 0 Å². The SMILES string of the molecule is CC(C)(C)[C@@H](CO[Si](C)(C)C(C)(C)C)C(C=O)c1ccc(Cc2cccc(Cl)c2F)cn1.CC(C)(C)[C@@H](CO[Si](C)(C)C(C)(C)C)C(CO)c1ccc(Cc2cccc(Cl)c2F)cn1. The Kier molecular flexibility index (Phi) is 19.3. The van der Waals surface area contributed by atoms with Gasteiger partial charge >= 0.3 is 0 Å². The fourth-order valence-corrected chi connectivity index (χ4v) is 9.44. The second kappa shape index (κ2) is 22.3. The molecular formula is C52H76Cl2F2N2O4Si2. The molecule has 354 valence electrons. The zero-order chi connectivity index (χ0) is 48.6. The van der Waals surface area contributed by atoms with Gasteiger partial charge in [-0.3, -0.25) is 9.97 Å². The number of nitrogens with zero attached hydrogens (tertiary/aromatic N) is 2. The number of hydrogen-bond acceptors (Lipinski definition) is 6. The molecule has 1 N–H and O–H groups in total. The van der Waals surface area contributed by atoms with Crippen molar-refractivity contribution in [2.75, 3.05) is 19.8 Å². The Labute approximate surface area is 396 Å². The van der Waals surface area contributed by atoms with Gasteiger partial charge in [-0.15, -0.1) is 0 Å². The Bertz CT molecular complexity index is 2110. The highest BCUT2D eigenvalue weighted by atomic mass is 35.5. The van der Waals surface area contributed by atoms with E-state index in [0.717, 1.165) is 23.1 Å². The Morgan fingerprint density at radius 2 is 1.02 bits per heavy atom. The minimum absolute atomic E-state index is 0.00192. The summed E-state index contributed by atoms with van der Waals surface area (Å²) in [5.41, 5.74) is 4.17. The average molecular weight is 958 g/mol. The van der Waals surface area contributed by atoms with Crippen LogP contribution < -0.4 is 0 Å². The predicted molar refractivity (Wildman–Crippen MR) is 268 cm³/mol. The number of rotatable bonds is 16. The molecule has 0 bridgehead atoms. The third-order valence-electron chi connectivity index (χ3n) is 13.6. The van der Waals surface area contributed by atoms with E-state index in [0.29, 0.717) is 42.9 Å². The fourth-order valence-electron chi connectivity index (χ4n) is 7.00. The van der Waals surface area contributed by atoms with Crippen LogP contribution in [0.1, 0.15) is 129 Å². The number of carbonyl (C=O) groups is 1. The fraction of sp³-hybridized carbons (Fsp3) is 0.558. The zero-order valence-corrected chi connectivity index (χ0v) is 44.9. The minimum Gasteiger partial charge on any atom is -0.417 e. The molecule has 0 radical (unpaired) electrons. The van der Waals surface area contributed by atoms with Gasteiger partial charge in [-0.2, -0.15) is 0 Å². The molecule has 0 amide bonds. The van der Waals surface area contributed by atoms with E-state index in [1.807, 2.05) is 24.3 Å². The molecule has 0 fully saturated rings. The molecule has 64 heavy (non-hydrogen) atoms. The maximum absolute atomic E-state index is 14.3. The number of hydrogen-bond donors (Lipinski definition) is 1. The Morgan fingerprint density at radius 3 is 1.34 bits per heavy atom. The van der Waals surface area contributed by atoms with Crippen molar-refractivity contribution in [1.82, 2.24) is 9.97 Å². The number of halogens is 4. The second-order valence-electron chi connectivity index (χ2n) is 22.5. The highest BCUT2D eigenvalue weighted by Gasteiger charge is 2.42. The van der Waals surface area contributed by atoms with E-state index in [9.17, 15) is 18.7 Å². The summed E-state index contributed by atoms with van der Waals surface area (Å²) in [6.07, 6.45) is 5.29. The van der Waals surface area contributed by atoms with Gasteiger partial charge in [-0.25, -0.2) is 8.78 Å². The molecule has 4 atom stereocenters. The van der Waals surface area contributed by atoms with Gasteiger partial charge in [0.2, 0.25) is 0 Å². The molecule has 2 aromatic carbocycles. The summed E-state index contributed by atoms with van der Waals surface area (Å²) < 4.78 is 41.6. The van der Waals surface area contributed by atoms with E-state index >= 15 is 0 Å². The van der Waals surface area contributed by atoms with Gasteiger partial charge in [0.1, 0.15) is 17.9 Å². The summed E-state index contributed by atoms with van der Waals surface area (Å²) in [4.78, 5) is 21.5. The van der Waals surface area contributed by atoms with Crippen molar-refractivity contribution in [3.63, 3.8) is 0 Å². The van der Waals surface area contributed by atoms with Crippen LogP contribution in [0.3, 0.4) is 0 Å². The normalized spacial score (nSPS) is 14.9. The van der Waals surface area contributed by atoms with Gasteiger partial charge in [0.15, 0.2) is 16.6 Å². The Hall–Kier alpha value is -2.84. The van der Waals surface area contributed by atoms with Crippen LogP contribution in [0.2, 0.25) is 46.3 Å². The van der Waals surface area contributed by atoms with Crippen molar-refractivity contribution in [1.29, 1.82) is 0 Å². The quantitative estimate of drug-likeness (QED) is 0.0890. The molecule has 0 aliphatic rings. The van der Waals surface area contributed by atoms with Gasteiger partial charge in [0.05, 0.1) is 28.3 Å². The van der Waals surface area contributed by atoms with E-state index in [1.165, 1.54) is 6.07 Å². The van der Waals surface area contributed by atoms with Crippen LogP contribution in [-0.4, -0.2) is 57.8 Å². The molecule has 0 saturated carbocycles. The highest BCUT2D eigenvalue weighted by molar-refractivity contribution is 6.74. The zero-order valence-electron chi connectivity index (χ0n) is 41.4. The van der Waals surface area contributed by atoms with E-state index < -0.39 is 22.5 Å². The maximum Gasteiger partial charge on any atom is 0.191 e. The second-order valence-corrected chi connectivity index (χ2v) is 32.9. The lowest BCUT2D eigenvalue weighted by Crippen LogP contribution is -2.44. The molecule has 12 heteroatoms. The number of aliphatic hydroxyl groups excluding tert-OH is 1. The number of aliphatic hydroxyl groups is 1. The number of pyridine rings is 2. The molecule has 0 aliphatic heterocycles. The van der Waals surface area contributed by atoms with Crippen molar-refractivity contribution >= 4 is 46.1 Å². The van der Waals surface area contributed by atoms with Gasteiger partial charge in [-0.1, -0.05) is 143 Å². The Balaban J connectivity index is 0.000000340. The molecule has 0 spiro atoms. The molecule has 2 heterocycles. The number of carbonyl (C=O) groups excluding carboxylic acids is 1. The van der Waals surface area contributed by atoms with Crippen LogP contribution in [-0.2, 0) is 26.5 Å². The van der Waals surface area contributed by atoms with E-state index in [1.54, 1.807) is 42.7 Å². The van der Waals surface area contributed by atoms with Crippen LogP contribution in [0.15, 0.2) is 73.1 Å². The van der Waals surface area contributed by atoms with Crippen LogP contribution in [0.5, 0.6) is 0 Å². The maximum atomic E-state index is 14.3. The lowest BCUT2D eigenvalue weighted by molar-refractivity contribution is -0.111. The smallest absolute Gasteiger partial charge is 0.191 e. The lowest BCUT2D eigenvalue weighted by atomic mass is 9.72. The summed E-state index contributed by atoms with van der Waals surface area (Å²) in [5, 5.41) is 10.8. The summed E-state index contributed by atoms with van der Waals surface area (Å²) >= 11 is 11.8. The van der Waals surface area contributed by atoms with Gasteiger partial charge in [-0.05, 0) is 99.5 Å².